The molecular formula is C37H47N3O6. The van der Waals surface area contributed by atoms with E-state index in [1.165, 1.54) is 0 Å². The molecule has 1 aliphatic rings. The van der Waals surface area contributed by atoms with Gasteiger partial charge in [-0.15, -0.1) is 6.58 Å². The number of hydrogen-bond donors (Lipinski definition) is 4. The second-order valence-corrected chi connectivity index (χ2v) is 11.9. The summed E-state index contributed by atoms with van der Waals surface area (Å²) in [6.07, 6.45) is 5.82. The first-order valence-electron chi connectivity index (χ1n) is 16.1. The van der Waals surface area contributed by atoms with E-state index in [9.17, 15) is 14.7 Å². The van der Waals surface area contributed by atoms with Crippen LogP contribution in [0, 0.1) is 0 Å². The van der Waals surface area contributed by atoms with Crippen molar-refractivity contribution in [2.24, 2.45) is 0 Å². The van der Waals surface area contributed by atoms with Gasteiger partial charge in [-0.2, -0.15) is 0 Å². The Balaban J connectivity index is 1.34. The number of benzene rings is 3. The third kappa shape index (κ3) is 10.9. The summed E-state index contributed by atoms with van der Waals surface area (Å²) in [5, 5.41) is 21.0. The summed E-state index contributed by atoms with van der Waals surface area (Å²) in [5.74, 6) is -0.372. The average Bonchev–Trinajstić information content (AvgIpc) is 3.09. The van der Waals surface area contributed by atoms with E-state index >= 15 is 0 Å². The molecule has 4 N–H and O–H groups in total. The van der Waals surface area contributed by atoms with Crippen molar-refractivity contribution in [2.75, 3.05) is 20.1 Å². The van der Waals surface area contributed by atoms with Gasteiger partial charge in [-0.3, -0.25) is 14.8 Å². The van der Waals surface area contributed by atoms with E-state index in [1.807, 2.05) is 54.6 Å². The molecular weight excluding hydrogens is 582 g/mol. The minimum atomic E-state index is -0.519. The molecule has 3 aromatic rings. The van der Waals surface area contributed by atoms with Crippen molar-refractivity contribution in [3.8, 4) is 11.1 Å². The number of likely N-dealkylation sites (N-methyl/N-ethyl adjacent to an activating group) is 1. The second-order valence-electron chi connectivity index (χ2n) is 11.9. The van der Waals surface area contributed by atoms with E-state index < -0.39 is 6.29 Å². The number of rotatable bonds is 17. The van der Waals surface area contributed by atoms with Crippen LogP contribution in [0.2, 0.25) is 0 Å². The van der Waals surface area contributed by atoms with E-state index in [0.717, 1.165) is 72.2 Å². The standard InChI is InChI=1S/C37H47N3O6/c1-3-21-40(2)25-33-23-34(30-15-13-27(26-41)14-16-30)46-37(45-33)31-19-17-29(18-20-31)32-10-8-9-28(22-32)24-38-35(42)11-6-4-5-7-12-36(43)39-44/h3,8-10,13-20,22,33-34,37,41,44H,1,4-7,11-12,21,23-26H2,2H3,(H,38,42)(H,39,43). The third-order valence-corrected chi connectivity index (χ3v) is 8.19. The van der Waals surface area contributed by atoms with Gasteiger partial charge in [0.1, 0.15) is 0 Å². The second kappa shape index (κ2) is 18.3. The molecule has 1 aliphatic heterocycles. The van der Waals surface area contributed by atoms with Crippen LogP contribution in [0.15, 0.2) is 85.5 Å². The largest absolute Gasteiger partial charge is 0.392 e. The number of carbonyl (C=O) groups is 2. The Morgan fingerprint density at radius 3 is 2.26 bits per heavy atom. The minimum Gasteiger partial charge on any atom is -0.392 e. The fraction of sp³-hybridized carbons (Fsp3) is 0.405. The molecule has 0 aromatic heterocycles. The number of hydroxylamine groups is 1. The van der Waals surface area contributed by atoms with Crippen LogP contribution in [0.3, 0.4) is 0 Å². The quantitative estimate of drug-likeness (QED) is 0.0629. The summed E-state index contributed by atoms with van der Waals surface area (Å²) in [6, 6.07) is 24.3. The molecule has 3 atom stereocenters. The molecule has 0 radical (unpaired) electrons. The van der Waals surface area contributed by atoms with Crippen LogP contribution in [-0.2, 0) is 32.2 Å². The van der Waals surface area contributed by atoms with Crippen LogP contribution in [0.1, 0.15) is 79.6 Å². The van der Waals surface area contributed by atoms with Crippen molar-refractivity contribution in [2.45, 2.75) is 76.6 Å². The lowest BCUT2D eigenvalue weighted by molar-refractivity contribution is -0.252. The van der Waals surface area contributed by atoms with Gasteiger partial charge in [-0.05, 0) is 53.8 Å². The van der Waals surface area contributed by atoms with Gasteiger partial charge in [0.25, 0.3) is 0 Å². The zero-order valence-electron chi connectivity index (χ0n) is 26.7. The number of amides is 2. The number of nitrogens with zero attached hydrogens (tertiary/aromatic N) is 1. The van der Waals surface area contributed by atoms with Gasteiger partial charge in [0, 0.05) is 44.5 Å². The predicted octanol–water partition coefficient (Wildman–Crippen LogP) is 5.97. The van der Waals surface area contributed by atoms with Gasteiger partial charge in [-0.25, -0.2) is 5.48 Å². The fourth-order valence-electron chi connectivity index (χ4n) is 5.64. The van der Waals surface area contributed by atoms with Crippen molar-refractivity contribution >= 4 is 11.8 Å². The number of hydrogen-bond acceptors (Lipinski definition) is 7. The van der Waals surface area contributed by atoms with Crippen LogP contribution in [0.25, 0.3) is 11.1 Å². The number of nitrogens with one attached hydrogen (secondary N) is 2. The molecule has 0 aliphatic carbocycles. The molecule has 0 bridgehead atoms. The monoisotopic (exact) mass is 629 g/mol. The highest BCUT2D eigenvalue weighted by atomic mass is 16.7. The van der Waals surface area contributed by atoms with E-state index in [4.69, 9.17) is 14.7 Å². The van der Waals surface area contributed by atoms with Gasteiger partial charge in [0.2, 0.25) is 11.8 Å². The predicted molar refractivity (Wildman–Crippen MR) is 177 cm³/mol. The normalized spacial score (nSPS) is 17.9. The third-order valence-electron chi connectivity index (χ3n) is 8.19. The minimum absolute atomic E-state index is 0.00646. The molecule has 9 nitrogen and oxygen atoms in total. The van der Waals surface area contributed by atoms with Crippen LogP contribution in [0.4, 0.5) is 0 Å². The number of carbonyl (C=O) groups excluding carboxylic acids is 2. The lowest BCUT2D eigenvalue weighted by atomic mass is 9.99. The molecule has 3 unspecified atom stereocenters. The van der Waals surface area contributed by atoms with E-state index in [2.05, 4.69) is 48.1 Å². The maximum atomic E-state index is 12.4. The van der Waals surface area contributed by atoms with Crippen LogP contribution >= 0.6 is 0 Å². The number of ether oxygens (including phenoxy) is 2. The molecule has 1 heterocycles. The number of aliphatic hydroxyl groups excluding tert-OH is 1. The molecule has 9 heteroatoms. The topological polar surface area (TPSA) is 120 Å². The van der Waals surface area contributed by atoms with Crippen LogP contribution in [0.5, 0.6) is 0 Å². The molecule has 0 saturated carbocycles. The van der Waals surface area contributed by atoms with Crippen molar-refractivity contribution in [1.29, 1.82) is 0 Å². The van der Waals surface area contributed by atoms with Gasteiger partial charge in [0.05, 0.1) is 18.8 Å². The zero-order chi connectivity index (χ0) is 32.7. The molecule has 1 saturated heterocycles. The lowest BCUT2D eigenvalue weighted by Gasteiger charge is -2.37. The van der Waals surface area contributed by atoms with Crippen molar-refractivity contribution in [3.05, 3.63) is 108 Å². The van der Waals surface area contributed by atoms with Gasteiger partial charge >= 0.3 is 0 Å². The first-order valence-corrected chi connectivity index (χ1v) is 16.1. The van der Waals surface area contributed by atoms with E-state index in [1.54, 1.807) is 5.48 Å². The van der Waals surface area contributed by atoms with Gasteiger partial charge in [-0.1, -0.05) is 85.6 Å². The van der Waals surface area contributed by atoms with E-state index in [0.29, 0.717) is 25.8 Å². The molecule has 1 fully saturated rings. The summed E-state index contributed by atoms with van der Waals surface area (Å²) >= 11 is 0. The first kappa shape index (κ1) is 35.0. The molecule has 246 valence electrons. The van der Waals surface area contributed by atoms with Crippen LogP contribution in [-0.4, -0.2) is 53.3 Å². The van der Waals surface area contributed by atoms with Gasteiger partial charge < -0.3 is 24.8 Å². The number of aliphatic hydroxyl groups is 1. The maximum absolute atomic E-state index is 12.4. The Bertz CT molecular complexity index is 1390. The lowest BCUT2D eigenvalue weighted by Crippen LogP contribution is -2.37. The molecule has 4 rings (SSSR count). The highest BCUT2D eigenvalue weighted by Gasteiger charge is 2.32. The first-order chi connectivity index (χ1) is 22.4. The summed E-state index contributed by atoms with van der Waals surface area (Å²) < 4.78 is 13.0. The molecule has 0 spiro atoms. The fourth-order valence-corrected chi connectivity index (χ4v) is 5.64. The smallest absolute Gasteiger partial charge is 0.243 e. The number of unbranched alkanes of at least 4 members (excludes halogenated alkanes) is 3. The highest BCUT2D eigenvalue weighted by molar-refractivity contribution is 5.76. The summed E-state index contributed by atoms with van der Waals surface area (Å²) in [6.45, 7) is 5.84. The van der Waals surface area contributed by atoms with Crippen molar-refractivity contribution in [1.82, 2.24) is 15.7 Å². The summed E-state index contributed by atoms with van der Waals surface area (Å²) in [5.41, 5.74) is 7.64. The van der Waals surface area contributed by atoms with E-state index in [-0.39, 0.29) is 30.6 Å². The highest BCUT2D eigenvalue weighted by Crippen LogP contribution is 2.38. The Morgan fingerprint density at radius 2 is 1.59 bits per heavy atom. The Kier molecular flexibility index (Phi) is 13.9. The SMILES string of the molecule is C=CCN(C)CC1CC(c2ccc(CO)cc2)OC(c2ccc(-c3cccc(CNC(=O)CCCCCCC(=O)NO)c3)cc2)O1. The summed E-state index contributed by atoms with van der Waals surface area (Å²) in [4.78, 5) is 25.6. The Labute approximate surface area is 272 Å². The van der Waals surface area contributed by atoms with Crippen molar-refractivity contribution in [3.63, 3.8) is 0 Å². The molecule has 46 heavy (non-hydrogen) atoms. The van der Waals surface area contributed by atoms with Crippen LogP contribution < -0.4 is 10.8 Å². The maximum Gasteiger partial charge on any atom is 0.243 e. The zero-order valence-corrected chi connectivity index (χ0v) is 26.7. The molecule has 3 aromatic carbocycles. The van der Waals surface area contributed by atoms with Crippen molar-refractivity contribution < 1.29 is 29.4 Å². The average molecular weight is 630 g/mol. The van der Waals surface area contributed by atoms with Gasteiger partial charge in [0.15, 0.2) is 6.29 Å². The Morgan fingerprint density at radius 1 is 0.891 bits per heavy atom. The Hall–Kier alpha value is -3.86. The summed E-state index contributed by atoms with van der Waals surface area (Å²) in [7, 11) is 2.06. The molecule has 2 amide bonds.